The van der Waals surface area contributed by atoms with Gasteiger partial charge in [-0.1, -0.05) is 0 Å². The summed E-state index contributed by atoms with van der Waals surface area (Å²) >= 11 is 0. The quantitative estimate of drug-likeness (QED) is 0.249. The van der Waals surface area contributed by atoms with Gasteiger partial charge < -0.3 is 20.0 Å². The molecule has 39 heavy (non-hydrogen) atoms. The molecule has 3 N–H and O–H groups in total. The van der Waals surface area contributed by atoms with Crippen LogP contribution in [0, 0.1) is 31.3 Å². The van der Waals surface area contributed by atoms with Crippen molar-refractivity contribution in [3.63, 3.8) is 0 Å². The molecule has 13 heteroatoms. The summed E-state index contributed by atoms with van der Waals surface area (Å²) in [6, 6.07) is 1.07. The van der Waals surface area contributed by atoms with E-state index in [9.17, 15) is 31.1 Å². The molecule has 0 saturated heterocycles. The molecular formula is C26H23F6N5O2. The highest BCUT2D eigenvalue weighted by Gasteiger charge is 2.37. The van der Waals surface area contributed by atoms with Crippen LogP contribution in [0.3, 0.4) is 0 Å². The van der Waals surface area contributed by atoms with Crippen molar-refractivity contribution in [2.75, 3.05) is 5.32 Å². The molecule has 7 nitrogen and oxygen atoms in total. The molecule has 1 aromatic carbocycles. The first-order valence-electron chi connectivity index (χ1n) is 12.2. The Bertz CT molecular complexity index is 1560. The van der Waals surface area contributed by atoms with E-state index in [-0.39, 0.29) is 28.2 Å². The fourth-order valence-corrected chi connectivity index (χ4v) is 5.00. The summed E-state index contributed by atoms with van der Waals surface area (Å²) in [5.41, 5.74) is -2.34. The Morgan fingerprint density at radius 3 is 2.49 bits per heavy atom. The van der Waals surface area contributed by atoms with Crippen LogP contribution in [0.5, 0.6) is 0 Å². The van der Waals surface area contributed by atoms with Crippen LogP contribution in [-0.2, 0) is 6.18 Å². The predicted octanol–water partition coefficient (Wildman–Crippen LogP) is 6.42. The zero-order chi connectivity index (χ0) is 28.1. The first-order chi connectivity index (χ1) is 18.4. The maximum absolute atomic E-state index is 14.9. The van der Waals surface area contributed by atoms with Crippen molar-refractivity contribution < 1.29 is 35.6 Å². The second-order valence-electron chi connectivity index (χ2n) is 9.54. The van der Waals surface area contributed by atoms with Gasteiger partial charge in [0.05, 0.1) is 16.8 Å². The minimum absolute atomic E-state index is 0.161. The van der Waals surface area contributed by atoms with Gasteiger partial charge in [0.25, 0.3) is 5.91 Å². The molecular weight excluding hydrogens is 528 g/mol. The number of hydrogen-bond acceptors (Lipinski definition) is 5. The van der Waals surface area contributed by atoms with Crippen LogP contribution in [0.25, 0.3) is 22.2 Å². The second kappa shape index (κ2) is 9.93. The first kappa shape index (κ1) is 26.6. The Labute approximate surface area is 218 Å². The molecule has 1 aliphatic rings. The molecule has 1 aliphatic carbocycles. The number of aryl methyl sites for hydroxylation is 2. The topological polar surface area (TPSA) is 95.8 Å². The van der Waals surface area contributed by atoms with Gasteiger partial charge in [-0.05, 0) is 44.7 Å². The summed E-state index contributed by atoms with van der Waals surface area (Å²) in [4.78, 5) is 23.2. The molecule has 3 heterocycles. The van der Waals surface area contributed by atoms with Crippen molar-refractivity contribution in [1.82, 2.24) is 20.3 Å². The number of nitrogens with one attached hydrogen (secondary N) is 3. The van der Waals surface area contributed by atoms with Crippen molar-refractivity contribution in [3.8, 4) is 11.3 Å². The number of halogens is 6. The minimum atomic E-state index is -4.99. The number of carbonyl (C=O) groups excluding carboxylic acids is 1. The summed E-state index contributed by atoms with van der Waals surface area (Å²) in [7, 11) is 0. The van der Waals surface area contributed by atoms with E-state index in [2.05, 4.69) is 25.6 Å². The zero-order valence-corrected chi connectivity index (χ0v) is 20.8. The maximum Gasteiger partial charge on any atom is 0.418 e. The number of oxazole rings is 1. The van der Waals surface area contributed by atoms with E-state index >= 15 is 0 Å². The average Bonchev–Trinajstić information content (AvgIpc) is 3.42. The lowest BCUT2D eigenvalue weighted by molar-refractivity contribution is -0.137. The smallest absolute Gasteiger partial charge is 0.418 e. The monoisotopic (exact) mass is 551 g/mol. The van der Waals surface area contributed by atoms with Crippen LogP contribution in [-0.4, -0.2) is 32.9 Å². The fraction of sp³-hybridized carbons (Fsp3) is 0.346. The Balaban J connectivity index is 1.43. The Kier molecular flexibility index (Phi) is 6.77. The number of fused-ring (bicyclic) bond motifs is 1. The van der Waals surface area contributed by atoms with Crippen LogP contribution in [0.1, 0.15) is 53.4 Å². The third-order valence-electron chi connectivity index (χ3n) is 6.71. The number of aromatic amines is 1. The van der Waals surface area contributed by atoms with Crippen molar-refractivity contribution in [2.24, 2.45) is 0 Å². The Morgan fingerprint density at radius 2 is 1.79 bits per heavy atom. The number of benzene rings is 1. The van der Waals surface area contributed by atoms with Crippen LogP contribution in [0.15, 0.2) is 28.8 Å². The van der Waals surface area contributed by atoms with E-state index in [1.54, 1.807) is 13.8 Å². The number of H-pyrrole nitrogens is 1. The second-order valence-corrected chi connectivity index (χ2v) is 9.54. The molecule has 3 aromatic heterocycles. The van der Waals surface area contributed by atoms with E-state index in [0.717, 1.165) is 12.3 Å². The lowest BCUT2D eigenvalue weighted by atomic mass is 9.90. The van der Waals surface area contributed by atoms with Gasteiger partial charge in [-0.15, -0.1) is 0 Å². The summed E-state index contributed by atoms with van der Waals surface area (Å²) in [6.45, 7) is 3.24. The third-order valence-corrected chi connectivity index (χ3v) is 6.71. The van der Waals surface area contributed by atoms with Crippen molar-refractivity contribution in [1.29, 1.82) is 0 Å². The van der Waals surface area contributed by atoms with Gasteiger partial charge >= 0.3 is 6.18 Å². The molecule has 206 valence electrons. The number of rotatable bonds is 5. The molecule has 0 bridgehead atoms. The molecule has 0 unspecified atom stereocenters. The molecule has 1 fully saturated rings. The Morgan fingerprint density at radius 1 is 1.05 bits per heavy atom. The Hall–Kier alpha value is -4.03. The van der Waals surface area contributed by atoms with Crippen LogP contribution in [0.4, 0.5) is 32.2 Å². The van der Waals surface area contributed by atoms with E-state index in [1.807, 2.05) is 0 Å². The molecule has 5 rings (SSSR count). The average molecular weight is 551 g/mol. The van der Waals surface area contributed by atoms with E-state index < -0.39 is 52.7 Å². The molecule has 0 aliphatic heterocycles. The van der Waals surface area contributed by atoms with Crippen LogP contribution in [0.2, 0.25) is 0 Å². The largest absolute Gasteiger partial charge is 0.445 e. The molecule has 0 radical (unpaired) electrons. The van der Waals surface area contributed by atoms with Crippen molar-refractivity contribution in [3.05, 3.63) is 64.8 Å². The highest BCUT2D eigenvalue weighted by atomic mass is 19.4. The number of alkyl halides is 3. The normalized spacial score (nSPS) is 17.9. The lowest BCUT2D eigenvalue weighted by Gasteiger charge is -2.30. The number of pyridine rings is 1. The molecule has 0 spiro atoms. The third kappa shape index (κ3) is 5.30. The maximum atomic E-state index is 14.9. The van der Waals surface area contributed by atoms with Gasteiger partial charge in [-0.3, -0.25) is 4.79 Å². The minimum Gasteiger partial charge on any atom is -0.445 e. The number of hydrogen-bond donors (Lipinski definition) is 3. The van der Waals surface area contributed by atoms with Gasteiger partial charge in [0.2, 0.25) is 0 Å². The zero-order valence-electron chi connectivity index (χ0n) is 20.8. The number of nitrogens with zero attached hydrogens (tertiary/aromatic N) is 2. The fourth-order valence-electron chi connectivity index (χ4n) is 5.00. The number of amides is 1. The van der Waals surface area contributed by atoms with Gasteiger partial charge in [-0.2, -0.15) is 13.2 Å². The number of aromatic nitrogens is 3. The lowest BCUT2D eigenvalue weighted by Crippen LogP contribution is -2.42. The first-order valence-corrected chi connectivity index (χ1v) is 12.2. The molecule has 4 aromatic rings. The SMILES string of the molecule is Cc1nc(C(=O)N[C@H]2CCC[C@@H](Nc3nc(-c4c[nH]c5c(F)cc(F)cc45)c(C(F)(F)F)cc3F)C2)c(C)o1. The van der Waals surface area contributed by atoms with E-state index in [1.165, 1.54) is 0 Å². The van der Waals surface area contributed by atoms with Gasteiger partial charge in [0.15, 0.2) is 23.2 Å². The molecule has 1 saturated carbocycles. The summed E-state index contributed by atoms with van der Waals surface area (Å²) in [5.74, 6) is -3.35. The molecule has 1 amide bonds. The van der Waals surface area contributed by atoms with Gasteiger partial charge in [0, 0.05) is 42.2 Å². The van der Waals surface area contributed by atoms with Crippen molar-refractivity contribution >= 4 is 22.6 Å². The van der Waals surface area contributed by atoms with Crippen LogP contribution < -0.4 is 10.6 Å². The number of anilines is 1. The predicted molar refractivity (Wildman–Crippen MR) is 130 cm³/mol. The summed E-state index contributed by atoms with van der Waals surface area (Å²) in [6.07, 6.45) is -1.73. The van der Waals surface area contributed by atoms with E-state index in [4.69, 9.17) is 4.42 Å². The van der Waals surface area contributed by atoms with Gasteiger partial charge in [0.1, 0.15) is 17.4 Å². The standard InChI is InChI=1S/C26H23F6N5O2/c1-11-21(34-12(2)39-11)25(38)36-15-5-3-4-14(8-15)35-24-20(29)9-18(26(30,31)32)22(37-24)17-10-33-23-16(17)6-13(27)7-19(23)28/h6-7,9-10,14-15,33H,3-5,8H2,1-2H3,(H,35,37)(H,36,38)/t14-,15+/m1/s1. The van der Waals surface area contributed by atoms with Crippen LogP contribution >= 0.6 is 0 Å². The van der Waals surface area contributed by atoms with E-state index in [0.29, 0.717) is 49.5 Å². The van der Waals surface area contributed by atoms with Gasteiger partial charge in [-0.25, -0.2) is 23.1 Å². The highest BCUT2D eigenvalue weighted by molar-refractivity contribution is 5.96. The highest BCUT2D eigenvalue weighted by Crippen LogP contribution is 2.41. The molecule has 2 atom stereocenters. The van der Waals surface area contributed by atoms with Crippen molar-refractivity contribution in [2.45, 2.75) is 57.8 Å². The summed E-state index contributed by atoms with van der Waals surface area (Å²) in [5, 5.41) is 5.57. The summed E-state index contributed by atoms with van der Waals surface area (Å²) < 4.78 is 90.0. The number of carbonyl (C=O) groups is 1.